The summed E-state index contributed by atoms with van der Waals surface area (Å²) in [7, 11) is 1.46. The molecule has 0 saturated heterocycles. The highest BCUT2D eigenvalue weighted by Crippen LogP contribution is 2.20. The molecule has 0 bridgehead atoms. The zero-order valence-corrected chi connectivity index (χ0v) is 16.1. The summed E-state index contributed by atoms with van der Waals surface area (Å²) < 4.78 is 1.43. The van der Waals surface area contributed by atoms with Gasteiger partial charge in [0.05, 0.1) is 12.1 Å². The largest absolute Gasteiger partial charge is 0.355 e. The minimum absolute atomic E-state index is 0.0457. The lowest BCUT2D eigenvalue weighted by molar-refractivity contribution is 0.0916. The van der Waals surface area contributed by atoms with Crippen LogP contribution in [0.25, 0.3) is 10.8 Å². The average Bonchev–Trinajstić information content (AvgIpc) is 2.71. The van der Waals surface area contributed by atoms with E-state index < -0.39 is 11.5 Å². The maximum Gasteiger partial charge on any atom is 0.263 e. The van der Waals surface area contributed by atoms with E-state index in [1.54, 1.807) is 12.4 Å². The third-order valence-corrected chi connectivity index (χ3v) is 5.37. The Kier molecular flexibility index (Phi) is 5.12. The van der Waals surface area contributed by atoms with Crippen molar-refractivity contribution in [2.45, 2.75) is 31.8 Å². The number of amides is 2. The first kappa shape index (κ1) is 18.9. The fraction of sp³-hybridized carbons (Fsp3) is 0.273. The van der Waals surface area contributed by atoms with Crippen molar-refractivity contribution in [1.29, 1.82) is 0 Å². The third kappa shape index (κ3) is 3.76. The Morgan fingerprint density at radius 2 is 2.03 bits per heavy atom. The number of rotatable bonds is 5. The molecule has 2 N–H and O–H groups in total. The molecule has 1 aliphatic rings. The first-order valence-electron chi connectivity index (χ1n) is 9.66. The van der Waals surface area contributed by atoms with Crippen molar-refractivity contribution in [2.24, 2.45) is 0 Å². The van der Waals surface area contributed by atoms with Crippen molar-refractivity contribution < 1.29 is 9.59 Å². The van der Waals surface area contributed by atoms with Crippen molar-refractivity contribution in [3.05, 3.63) is 76.0 Å². The maximum absolute atomic E-state index is 12.9. The number of pyridine rings is 2. The van der Waals surface area contributed by atoms with E-state index >= 15 is 0 Å². The molecule has 7 heteroatoms. The lowest BCUT2D eigenvalue weighted by atomic mass is 9.93. The van der Waals surface area contributed by atoms with E-state index in [2.05, 4.69) is 15.6 Å². The van der Waals surface area contributed by atoms with Crippen molar-refractivity contribution in [3.8, 4) is 0 Å². The molecule has 148 valence electrons. The molecule has 2 heterocycles. The van der Waals surface area contributed by atoms with Crippen molar-refractivity contribution in [1.82, 2.24) is 20.2 Å². The van der Waals surface area contributed by atoms with Crippen LogP contribution in [-0.2, 0) is 6.54 Å². The molecule has 1 fully saturated rings. The van der Waals surface area contributed by atoms with Crippen LogP contribution < -0.4 is 16.2 Å². The monoisotopic (exact) mass is 390 g/mol. The number of aromatic nitrogens is 2. The molecule has 1 saturated carbocycles. The number of carbonyl (C=O) groups excluding carboxylic acids is 2. The molecule has 0 aliphatic heterocycles. The normalized spacial score (nSPS) is 13.7. The topological polar surface area (TPSA) is 93.1 Å². The highest BCUT2D eigenvalue weighted by molar-refractivity contribution is 5.99. The quantitative estimate of drug-likeness (QED) is 0.698. The molecule has 0 radical (unpaired) electrons. The number of benzene rings is 1. The predicted molar refractivity (Wildman–Crippen MR) is 110 cm³/mol. The van der Waals surface area contributed by atoms with Crippen LogP contribution >= 0.6 is 0 Å². The van der Waals surface area contributed by atoms with Crippen LogP contribution in [0.2, 0.25) is 0 Å². The van der Waals surface area contributed by atoms with E-state index in [1.807, 2.05) is 24.3 Å². The fourth-order valence-electron chi connectivity index (χ4n) is 3.51. The van der Waals surface area contributed by atoms with Gasteiger partial charge in [0.15, 0.2) is 0 Å². The van der Waals surface area contributed by atoms with E-state index in [1.165, 1.54) is 23.9 Å². The third-order valence-electron chi connectivity index (χ3n) is 5.37. The SMILES string of the molecule is CNC(=O)c1cc(C(=O)NC2CCC2)cn(Cc2cccc3cnccc23)c1=O. The molecule has 2 aromatic heterocycles. The number of carbonyl (C=O) groups is 2. The van der Waals surface area contributed by atoms with Gasteiger partial charge in [0.25, 0.3) is 17.4 Å². The zero-order chi connectivity index (χ0) is 20.4. The molecule has 0 unspecified atom stereocenters. The first-order chi connectivity index (χ1) is 14.1. The maximum atomic E-state index is 12.9. The Morgan fingerprint density at radius 1 is 1.21 bits per heavy atom. The smallest absolute Gasteiger partial charge is 0.263 e. The molecule has 1 aromatic carbocycles. The van der Waals surface area contributed by atoms with Crippen LogP contribution in [0.1, 0.15) is 45.5 Å². The Bertz CT molecular complexity index is 1140. The summed E-state index contributed by atoms with van der Waals surface area (Å²) in [5.74, 6) is -0.778. The van der Waals surface area contributed by atoms with Gasteiger partial charge in [-0.25, -0.2) is 0 Å². The van der Waals surface area contributed by atoms with Gasteiger partial charge < -0.3 is 15.2 Å². The molecule has 0 spiro atoms. The Morgan fingerprint density at radius 3 is 2.76 bits per heavy atom. The number of hydrogen-bond acceptors (Lipinski definition) is 4. The van der Waals surface area contributed by atoms with Crippen molar-refractivity contribution in [3.63, 3.8) is 0 Å². The number of hydrogen-bond donors (Lipinski definition) is 2. The van der Waals surface area contributed by atoms with E-state index in [0.717, 1.165) is 35.6 Å². The van der Waals surface area contributed by atoms with Crippen LogP contribution in [0.15, 0.2) is 53.7 Å². The molecule has 0 atom stereocenters. The molecule has 3 aromatic rings. The van der Waals surface area contributed by atoms with Gasteiger partial charge in [0.1, 0.15) is 5.56 Å². The van der Waals surface area contributed by atoms with Crippen LogP contribution in [-0.4, -0.2) is 34.5 Å². The molecule has 2 amide bonds. The second kappa shape index (κ2) is 7.87. The average molecular weight is 390 g/mol. The van der Waals surface area contributed by atoms with Crippen LogP contribution in [0.4, 0.5) is 0 Å². The molecule has 7 nitrogen and oxygen atoms in total. The Balaban J connectivity index is 1.76. The van der Waals surface area contributed by atoms with Crippen molar-refractivity contribution >= 4 is 22.6 Å². The first-order valence-corrected chi connectivity index (χ1v) is 9.66. The standard InChI is InChI=1S/C22H22N4O3/c1-23-21(28)19-10-16(20(27)25-17-6-3-7-17)13-26(22(19)29)12-15-5-2-4-14-11-24-9-8-18(14)15/h2,4-5,8-11,13,17H,3,6-7,12H2,1H3,(H,23,28)(H,25,27). The summed E-state index contributed by atoms with van der Waals surface area (Å²) >= 11 is 0. The van der Waals surface area contributed by atoms with E-state index in [0.29, 0.717) is 5.56 Å². The lowest BCUT2D eigenvalue weighted by Crippen LogP contribution is -2.40. The van der Waals surface area contributed by atoms with Gasteiger partial charge >= 0.3 is 0 Å². The van der Waals surface area contributed by atoms with Gasteiger partial charge in [-0.2, -0.15) is 0 Å². The van der Waals surface area contributed by atoms with Gasteiger partial charge in [-0.15, -0.1) is 0 Å². The second-order valence-corrected chi connectivity index (χ2v) is 7.27. The number of nitrogens with zero attached hydrogens (tertiary/aromatic N) is 2. The Labute approximate surface area is 167 Å². The van der Waals surface area contributed by atoms with Crippen LogP contribution in [0, 0.1) is 0 Å². The summed E-state index contributed by atoms with van der Waals surface area (Å²) in [6.45, 7) is 0.245. The minimum Gasteiger partial charge on any atom is -0.355 e. The van der Waals surface area contributed by atoms with Crippen molar-refractivity contribution in [2.75, 3.05) is 7.05 Å². The summed E-state index contributed by atoms with van der Waals surface area (Å²) in [6, 6.07) is 9.21. The van der Waals surface area contributed by atoms with Gasteiger partial charge in [0, 0.05) is 37.1 Å². The van der Waals surface area contributed by atoms with Gasteiger partial charge in [0.2, 0.25) is 0 Å². The highest BCUT2D eigenvalue weighted by atomic mass is 16.2. The molecule has 29 heavy (non-hydrogen) atoms. The number of fused-ring (bicyclic) bond motifs is 1. The predicted octanol–water partition coefficient (Wildman–Crippen LogP) is 2.09. The van der Waals surface area contributed by atoms with Crippen LogP contribution in [0.3, 0.4) is 0 Å². The lowest BCUT2D eigenvalue weighted by Gasteiger charge is -2.26. The summed E-state index contributed by atoms with van der Waals surface area (Å²) in [4.78, 5) is 42.0. The fourth-order valence-corrected chi connectivity index (χ4v) is 3.51. The van der Waals surface area contributed by atoms with E-state index in [9.17, 15) is 14.4 Å². The zero-order valence-electron chi connectivity index (χ0n) is 16.1. The minimum atomic E-state index is -0.510. The summed E-state index contributed by atoms with van der Waals surface area (Å²) in [6.07, 6.45) is 8.01. The summed E-state index contributed by atoms with van der Waals surface area (Å²) in [5.41, 5.74) is 0.731. The molecule has 1 aliphatic carbocycles. The van der Waals surface area contributed by atoms with E-state index in [4.69, 9.17) is 0 Å². The summed E-state index contributed by atoms with van der Waals surface area (Å²) in [5, 5.41) is 7.38. The molecular formula is C22H22N4O3. The van der Waals surface area contributed by atoms with Gasteiger partial charge in [-0.3, -0.25) is 19.4 Å². The molecule has 4 rings (SSSR count). The van der Waals surface area contributed by atoms with Crippen LogP contribution in [0.5, 0.6) is 0 Å². The van der Waals surface area contributed by atoms with E-state index in [-0.39, 0.29) is 24.1 Å². The molecular weight excluding hydrogens is 368 g/mol. The van der Waals surface area contributed by atoms with Gasteiger partial charge in [-0.1, -0.05) is 18.2 Å². The van der Waals surface area contributed by atoms with Gasteiger partial charge in [-0.05, 0) is 42.3 Å². The second-order valence-electron chi connectivity index (χ2n) is 7.27. The number of nitrogens with one attached hydrogen (secondary N) is 2. The highest BCUT2D eigenvalue weighted by Gasteiger charge is 2.22. The Hall–Kier alpha value is -3.48.